The maximum Gasteiger partial charge on any atom is 0.313 e. The van der Waals surface area contributed by atoms with Gasteiger partial charge in [-0.1, -0.05) is 23.9 Å². The van der Waals surface area contributed by atoms with E-state index >= 15 is 0 Å². The van der Waals surface area contributed by atoms with Crippen LogP contribution in [0.2, 0.25) is 0 Å². The molecule has 0 atom stereocenters. The quantitative estimate of drug-likeness (QED) is 0.821. The van der Waals surface area contributed by atoms with E-state index in [4.69, 9.17) is 9.84 Å². The molecule has 100 valence electrons. The Morgan fingerprint density at radius 3 is 3.11 bits per heavy atom. The third-order valence-corrected chi connectivity index (χ3v) is 3.38. The Balaban J connectivity index is 2.23. The van der Waals surface area contributed by atoms with Gasteiger partial charge in [0.1, 0.15) is 0 Å². The fraction of sp³-hybridized carbons (Fsp3) is 0.231. The van der Waals surface area contributed by atoms with Gasteiger partial charge >= 0.3 is 5.97 Å². The summed E-state index contributed by atoms with van der Waals surface area (Å²) in [5.74, 6) is -0.859. The van der Waals surface area contributed by atoms with Gasteiger partial charge in [0.05, 0.1) is 12.4 Å². The second-order valence-electron chi connectivity index (χ2n) is 3.87. The fourth-order valence-electron chi connectivity index (χ4n) is 1.68. The standard InChI is InChI=1S/C13H14N2O3S/c1-18-8-10-3-2-4-11(7-10)15-6-5-14-13(15)19-9-12(16)17/h2-7H,8-9H2,1H3,(H,16,17). The summed E-state index contributed by atoms with van der Waals surface area (Å²) in [5, 5.41) is 9.38. The molecule has 0 spiro atoms. The number of aromatic nitrogens is 2. The lowest BCUT2D eigenvalue weighted by Gasteiger charge is -2.08. The van der Waals surface area contributed by atoms with Crippen molar-refractivity contribution < 1.29 is 14.6 Å². The number of thioether (sulfide) groups is 1. The largest absolute Gasteiger partial charge is 0.481 e. The Kier molecular flexibility index (Phi) is 4.59. The first kappa shape index (κ1) is 13.6. The number of carboxylic acids is 1. The minimum atomic E-state index is -0.854. The smallest absolute Gasteiger partial charge is 0.313 e. The van der Waals surface area contributed by atoms with Crippen molar-refractivity contribution >= 4 is 17.7 Å². The van der Waals surface area contributed by atoms with Crippen LogP contribution in [-0.4, -0.2) is 33.5 Å². The summed E-state index contributed by atoms with van der Waals surface area (Å²) in [6.45, 7) is 0.542. The zero-order chi connectivity index (χ0) is 13.7. The zero-order valence-electron chi connectivity index (χ0n) is 10.4. The van der Waals surface area contributed by atoms with Crippen molar-refractivity contribution in [2.45, 2.75) is 11.8 Å². The van der Waals surface area contributed by atoms with Crippen LogP contribution in [0, 0.1) is 0 Å². The number of imidazole rings is 1. The number of aliphatic carboxylic acids is 1. The van der Waals surface area contributed by atoms with Crippen LogP contribution >= 0.6 is 11.8 Å². The van der Waals surface area contributed by atoms with Gasteiger partial charge in [-0.05, 0) is 17.7 Å². The van der Waals surface area contributed by atoms with Crippen LogP contribution < -0.4 is 0 Å². The fourth-order valence-corrected chi connectivity index (χ4v) is 2.38. The van der Waals surface area contributed by atoms with Crippen molar-refractivity contribution in [1.29, 1.82) is 0 Å². The van der Waals surface area contributed by atoms with E-state index in [1.165, 1.54) is 11.8 Å². The van der Waals surface area contributed by atoms with Gasteiger partial charge < -0.3 is 9.84 Å². The van der Waals surface area contributed by atoms with Crippen LogP contribution in [-0.2, 0) is 16.1 Å². The predicted octanol–water partition coefficient (Wildman–Crippen LogP) is 2.20. The van der Waals surface area contributed by atoms with E-state index in [-0.39, 0.29) is 5.75 Å². The SMILES string of the molecule is COCc1cccc(-n2ccnc2SCC(=O)O)c1. The molecule has 1 N–H and O–H groups in total. The van der Waals surface area contributed by atoms with E-state index in [2.05, 4.69) is 4.98 Å². The Morgan fingerprint density at radius 2 is 2.37 bits per heavy atom. The molecule has 0 saturated heterocycles. The Labute approximate surface area is 115 Å². The van der Waals surface area contributed by atoms with Gasteiger partial charge in [-0.25, -0.2) is 4.98 Å². The zero-order valence-corrected chi connectivity index (χ0v) is 11.3. The average molecular weight is 278 g/mol. The van der Waals surface area contributed by atoms with E-state index in [1.54, 1.807) is 13.3 Å². The van der Waals surface area contributed by atoms with Crippen LogP contribution in [0.3, 0.4) is 0 Å². The molecule has 19 heavy (non-hydrogen) atoms. The molecule has 0 aliphatic rings. The summed E-state index contributed by atoms with van der Waals surface area (Å²) in [4.78, 5) is 14.8. The molecule has 0 amide bonds. The lowest BCUT2D eigenvalue weighted by atomic mass is 10.2. The van der Waals surface area contributed by atoms with Crippen molar-refractivity contribution in [1.82, 2.24) is 9.55 Å². The molecular weight excluding hydrogens is 264 g/mol. The monoisotopic (exact) mass is 278 g/mol. The average Bonchev–Trinajstić information content (AvgIpc) is 2.85. The molecule has 0 aliphatic heterocycles. The number of benzene rings is 1. The minimum absolute atomic E-state index is 0.00518. The lowest BCUT2D eigenvalue weighted by Crippen LogP contribution is -2.01. The first-order chi connectivity index (χ1) is 9.20. The number of carbonyl (C=O) groups is 1. The number of rotatable bonds is 6. The maximum absolute atomic E-state index is 10.6. The lowest BCUT2D eigenvalue weighted by molar-refractivity contribution is -0.133. The van der Waals surface area contributed by atoms with Crippen LogP contribution in [0.15, 0.2) is 41.8 Å². The highest BCUT2D eigenvalue weighted by Gasteiger charge is 2.08. The van der Waals surface area contributed by atoms with E-state index in [0.717, 1.165) is 11.3 Å². The van der Waals surface area contributed by atoms with Crippen molar-refractivity contribution in [2.24, 2.45) is 0 Å². The van der Waals surface area contributed by atoms with Gasteiger partial charge in [-0.2, -0.15) is 0 Å². The predicted molar refractivity (Wildman–Crippen MR) is 72.6 cm³/mol. The molecule has 0 aliphatic carbocycles. The molecule has 1 aromatic carbocycles. The second-order valence-corrected chi connectivity index (χ2v) is 4.81. The highest BCUT2D eigenvalue weighted by Crippen LogP contribution is 2.21. The highest BCUT2D eigenvalue weighted by atomic mass is 32.2. The normalized spacial score (nSPS) is 10.6. The van der Waals surface area contributed by atoms with Gasteiger partial charge in [0.2, 0.25) is 0 Å². The molecule has 6 heteroatoms. The minimum Gasteiger partial charge on any atom is -0.481 e. The summed E-state index contributed by atoms with van der Waals surface area (Å²) in [6, 6.07) is 7.87. The van der Waals surface area contributed by atoms with Gasteiger partial charge in [-0.3, -0.25) is 9.36 Å². The number of methoxy groups -OCH3 is 1. The van der Waals surface area contributed by atoms with Gasteiger partial charge in [-0.15, -0.1) is 0 Å². The summed E-state index contributed by atoms with van der Waals surface area (Å²) in [6.07, 6.45) is 3.48. The third kappa shape index (κ3) is 3.59. The molecular formula is C13H14N2O3S. The number of nitrogens with zero attached hydrogens (tertiary/aromatic N) is 2. The number of hydrogen-bond acceptors (Lipinski definition) is 4. The molecule has 0 unspecified atom stereocenters. The van der Waals surface area contributed by atoms with Gasteiger partial charge in [0.25, 0.3) is 0 Å². The molecule has 0 saturated carbocycles. The van der Waals surface area contributed by atoms with Crippen molar-refractivity contribution in [3.05, 3.63) is 42.2 Å². The number of hydrogen-bond donors (Lipinski definition) is 1. The van der Waals surface area contributed by atoms with E-state index in [0.29, 0.717) is 11.8 Å². The van der Waals surface area contributed by atoms with E-state index in [9.17, 15) is 4.79 Å². The van der Waals surface area contributed by atoms with Gasteiger partial charge in [0, 0.05) is 25.2 Å². The summed E-state index contributed by atoms with van der Waals surface area (Å²) in [7, 11) is 1.65. The van der Waals surface area contributed by atoms with Crippen LogP contribution in [0.4, 0.5) is 0 Å². The molecule has 0 radical (unpaired) electrons. The Morgan fingerprint density at radius 1 is 1.53 bits per heavy atom. The number of carboxylic acid groups (broad SMARTS) is 1. The number of ether oxygens (including phenoxy) is 1. The topological polar surface area (TPSA) is 64.4 Å². The first-order valence-electron chi connectivity index (χ1n) is 5.67. The van der Waals surface area contributed by atoms with E-state index < -0.39 is 5.97 Å². The Bertz CT molecular complexity index is 569. The van der Waals surface area contributed by atoms with Crippen molar-refractivity contribution in [3.63, 3.8) is 0 Å². The van der Waals surface area contributed by atoms with Crippen LogP contribution in [0.25, 0.3) is 5.69 Å². The van der Waals surface area contributed by atoms with Crippen LogP contribution in [0.5, 0.6) is 0 Å². The van der Waals surface area contributed by atoms with Gasteiger partial charge in [0.15, 0.2) is 5.16 Å². The molecule has 0 fully saturated rings. The molecule has 0 bridgehead atoms. The summed E-state index contributed by atoms with van der Waals surface area (Å²) in [5.41, 5.74) is 2.00. The van der Waals surface area contributed by atoms with E-state index in [1.807, 2.05) is 35.0 Å². The summed E-state index contributed by atoms with van der Waals surface area (Å²) < 4.78 is 6.97. The van der Waals surface area contributed by atoms with Crippen LogP contribution in [0.1, 0.15) is 5.56 Å². The summed E-state index contributed by atoms with van der Waals surface area (Å²) >= 11 is 1.20. The molecule has 1 heterocycles. The second kappa shape index (κ2) is 6.40. The molecule has 2 rings (SSSR count). The Hall–Kier alpha value is -1.79. The molecule has 5 nitrogen and oxygen atoms in total. The van der Waals surface area contributed by atoms with Crippen molar-refractivity contribution in [3.8, 4) is 5.69 Å². The first-order valence-corrected chi connectivity index (χ1v) is 6.65. The molecule has 1 aromatic heterocycles. The molecule has 2 aromatic rings. The highest BCUT2D eigenvalue weighted by molar-refractivity contribution is 7.99. The maximum atomic E-state index is 10.6. The van der Waals surface area contributed by atoms with Crippen molar-refractivity contribution in [2.75, 3.05) is 12.9 Å². The third-order valence-electron chi connectivity index (χ3n) is 2.43.